The molecule has 6 heterocycles. The van der Waals surface area contributed by atoms with Crippen LogP contribution in [0.3, 0.4) is 0 Å². The van der Waals surface area contributed by atoms with Crippen molar-refractivity contribution in [3.05, 3.63) is 57.9 Å². The maximum absolute atomic E-state index is 16.8. The second-order valence-corrected chi connectivity index (χ2v) is 12.6. The van der Waals surface area contributed by atoms with Gasteiger partial charge in [-0.1, -0.05) is 12.0 Å². The molecule has 2 aromatic heterocycles. The second-order valence-electron chi connectivity index (χ2n) is 12.6. The molecule has 4 saturated heterocycles. The van der Waals surface area contributed by atoms with E-state index in [2.05, 4.69) is 26.1 Å². The van der Waals surface area contributed by atoms with Crippen LogP contribution in [0.1, 0.15) is 37.7 Å². The first-order valence-corrected chi connectivity index (χ1v) is 15.2. The summed E-state index contributed by atoms with van der Waals surface area (Å²) in [5, 5.41) is 4.15. The van der Waals surface area contributed by atoms with Crippen LogP contribution in [0.4, 0.5) is 19.0 Å². The fourth-order valence-corrected chi connectivity index (χ4v) is 7.97. The van der Waals surface area contributed by atoms with E-state index in [9.17, 15) is 9.18 Å². The number of nitrogens with one attached hydrogen (secondary N) is 2. The van der Waals surface area contributed by atoms with Gasteiger partial charge in [-0.3, -0.25) is 9.69 Å². The quantitative estimate of drug-likeness (QED) is 0.331. The van der Waals surface area contributed by atoms with E-state index < -0.39 is 34.5 Å². The Morgan fingerprint density at radius 1 is 1.14 bits per heavy atom. The molecule has 44 heavy (non-hydrogen) atoms. The molecule has 0 radical (unpaired) electrons. The molecule has 8 rings (SSSR count). The largest absolute Gasteiger partial charge is 0.461 e. The van der Waals surface area contributed by atoms with Gasteiger partial charge in [0.15, 0.2) is 5.82 Å². The Bertz CT molecular complexity index is 1910. The Morgan fingerprint density at radius 3 is 2.75 bits per heavy atom. The highest BCUT2D eigenvalue weighted by Crippen LogP contribution is 2.42. The minimum atomic E-state index is -0.935. The number of terminal acetylenes is 1. The second kappa shape index (κ2) is 10.2. The molecule has 2 aromatic carbocycles. The van der Waals surface area contributed by atoms with Gasteiger partial charge in [0, 0.05) is 66.1 Å². The number of nitrogens with zero attached hydrogens (tertiary/aromatic N) is 4. The first kappa shape index (κ1) is 27.4. The zero-order valence-corrected chi connectivity index (χ0v) is 24.0. The van der Waals surface area contributed by atoms with Crippen molar-refractivity contribution in [3.63, 3.8) is 0 Å². The highest BCUT2D eigenvalue weighted by Gasteiger charge is 2.49. The number of aromatic nitrogens is 3. The highest BCUT2D eigenvalue weighted by atomic mass is 19.1. The molecule has 4 atom stereocenters. The summed E-state index contributed by atoms with van der Waals surface area (Å²) in [6, 6.07) is 7.81. The lowest BCUT2D eigenvalue weighted by molar-refractivity contribution is 0.107. The normalized spacial score (nSPS) is 26.4. The van der Waals surface area contributed by atoms with Gasteiger partial charge >= 0.3 is 6.01 Å². The van der Waals surface area contributed by atoms with Gasteiger partial charge in [-0.2, -0.15) is 9.97 Å². The van der Waals surface area contributed by atoms with Gasteiger partial charge in [0.05, 0.1) is 16.6 Å². The monoisotopic (exact) mass is 600 g/mol. The number of aromatic amines is 1. The summed E-state index contributed by atoms with van der Waals surface area (Å²) >= 11 is 0. The molecule has 0 amide bonds. The van der Waals surface area contributed by atoms with Crippen LogP contribution < -0.4 is 20.5 Å². The molecule has 4 aromatic rings. The zero-order chi connectivity index (χ0) is 30.2. The van der Waals surface area contributed by atoms with Crippen LogP contribution in [-0.4, -0.2) is 76.4 Å². The lowest BCUT2D eigenvalue weighted by Gasteiger charge is -2.34. The van der Waals surface area contributed by atoms with Crippen molar-refractivity contribution in [1.82, 2.24) is 25.2 Å². The van der Waals surface area contributed by atoms with Crippen molar-refractivity contribution in [2.75, 3.05) is 37.7 Å². The lowest BCUT2D eigenvalue weighted by Crippen LogP contribution is -2.51. The SMILES string of the molecule is C#Cc1cccc2[nH]c(=O)cc(-c3c(F)cc4c(N5CC6CCC(C5)N6)nc(OC[C@@]56CCCN5C[C@H](F)C6)nc4c3F)c12. The van der Waals surface area contributed by atoms with Gasteiger partial charge in [0.2, 0.25) is 5.56 Å². The molecule has 226 valence electrons. The molecule has 0 spiro atoms. The van der Waals surface area contributed by atoms with Crippen LogP contribution in [0.15, 0.2) is 35.1 Å². The molecule has 4 aliphatic rings. The highest BCUT2D eigenvalue weighted by molar-refractivity contribution is 6.02. The minimum Gasteiger partial charge on any atom is -0.461 e. The van der Waals surface area contributed by atoms with E-state index in [0.29, 0.717) is 48.3 Å². The van der Waals surface area contributed by atoms with E-state index in [4.69, 9.17) is 16.1 Å². The predicted octanol–water partition coefficient (Wildman–Crippen LogP) is 4.29. The molecule has 2 unspecified atom stereocenters. The Labute approximate surface area is 251 Å². The van der Waals surface area contributed by atoms with Gasteiger partial charge in [-0.05, 0) is 50.4 Å². The van der Waals surface area contributed by atoms with Gasteiger partial charge < -0.3 is 19.9 Å². The van der Waals surface area contributed by atoms with Gasteiger partial charge in [-0.25, -0.2) is 13.2 Å². The third-order valence-corrected chi connectivity index (χ3v) is 9.88. The van der Waals surface area contributed by atoms with E-state index >= 15 is 8.78 Å². The Hall–Kier alpha value is -4.14. The van der Waals surface area contributed by atoms with Crippen LogP contribution >= 0.6 is 0 Å². The fourth-order valence-electron chi connectivity index (χ4n) is 7.97. The van der Waals surface area contributed by atoms with E-state index in [1.165, 1.54) is 6.07 Å². The smallest absolute Gasteiger partial charge is 0.319 e. The van der Waals surface area contributed by atoms with Gasteiger partial charge in [0.1, 0.15) is 29.9 Å². The lowest BCUT2D eigenvalue weighted by atomic mass is 9.95. The van der Waals surface area contributed by atoms with Crippen molar-refractivity contribution in [2.45, 2.75) is 55.9 Å². The Kier molecular flexibility index (Phi) is 6.36. The molecule has 0 aliphatic carbocycles. The summed E-state index contributed by atoms with van der Waals surface area (Å²) in [6.45, 7) is 2.60. The van der Waals surface area contributed by atoms with Crippen LogP contribution in [0, 0.1) is 24.0 Å². The van der Waals surface area contributed by atoms with E-state index in [0.717, 1.165) is 38.3 Å². The molecule has 4 aliphatic heterocycles. The number of H-pyrrole nitrogens is 1. The summed E-state index contributed by atoms with van der Waals surface area (Å²) in [6.07, 6.45) is 8.95. The zero-order valence-electron chi connectivity index (χ0n) is 24.0. The number of hydrogen-bond donors (Lipinski definition) is 2. The van der Waals surface area contributed by atoms with Gasteiger partial charge in [0.25, 0.3) is 0 Å². The first-order valence-electron chi connectivity index (χ1n) is 15.2. The van der Waals surface area contributed by atoms with Crippen LogP contribution in [0.5, 0.6) is 6.01 Å². The van der Waals surface area contributed by atoms with Crippen molar-refractivity contribution >= 4 is 27.6 Å². The number of piperazine rings is 1. The average Bonchev–Trinajstić information content (AvgIpc) is 3.65. The average molecular weight is 601 g/mol. The molecule has 11 heteroatoms. The molecule has 8 nitrogen and oxygen atoms in total. The summed E-state index contributed by atoms with van der Waals surface area (Å²) in [4.78, 5) is 28.7. The van der Waals surface area contributed by atoms with Crippen LogP contribution in [0.2, 0.25) is 0 Å². The van der Waals surface area contributed by atoms with Crippen molar-refractivity contribution < 1.29 is 17.9 Å². The minimum absolute atomic E-state index is 0.0393. The molecule has 0 saturated carbocycles. The fraction of sp³-hybridized carbons (Fsp3) is 0.424. The number of benzene rings is 2. The standard InChI is InChI=1S/C33H31F3N6O2/c1-2-18-5-3-6-25-27(18)22(12-26(43)38-25)28-24(35)11-23-30(29(28)36)39-32(40-31(23)41-15-20-7-8-21(16-41)37-20)44-17-33-9-4-10-42(33)14-19(34)13-33/h1,3,5-6,11-12,19-21,37H,4,7-10,13-17H2,(H,38,43)/t19-,20?,21?,33+/m1/s1. The molecule has 2 N–H and O–H groups in total. The number of anilines is 1. The third-order valence-electron chi connectivity index (χ3n) is 9.88. The van der Waals surface area contributed by atoms with Crippen LogP contribution in [0.25, 0.3) is 32.9 Å². The number of ether oxygens (including phenoxy) is 1. The van der Waals surface area contributed by atoms with Crippen molar-refractivity contribution in [2.24, 2.45) is 0 Å². The summed E-state index contributed by atoms with van der Waals surface area (Å²) < 4.78 is 53.5. The number of hydrogen-bond acceptors (Lipinski definition) is 7. The molecular formula is C33H31F3N6O2. The van der Waals surface area contributed by atoms with Crippen LogP contribution in [-0.2, 0) is 0 Å². The maximum atomic E-state index is 16.8. The Morgan fingerprint density at radius 2 is 1.95 bits per heavy atom. The summed E-state index contributed by atoms with van der Waals surface area (Å²) in [5.41, 5.74) is -0.690. The topological polar surface area (TPSA) is 86.4 Å². The molecular weight excluding hydrogens is 569 g/mol. The predicted molar refractivity (Wildman–Crippen MR) is 162 cm³/mol. The number of alkyl halides is 1. The van der Waals surface area contributed by atoms with E-state index in [-0.39, 0.29) is 41.2 Å². The summed E-state index contributed by atoms with van der Waals surface area (Å²) in [5.74, 6) is 1.16. The summed E-state index contributed by atoms with van der Waals surface area (Å²) in [7, 11) is 0. The van der Waals surface area contributed by atoms with Gasteiger partial charge in [-0.15, -0.1) is 6.42 Å². The van der Waals surface area contributed by atoms with E-state index in [1.54, 1.807) is 18.2 Å². The number of rotatable bonds is 5. The van der Waals surface area contributed by atoms with E-state index in [1.807, 2.05) is 4.90 Å². The first-order chi connectivity index (χ1) is 21.3. The Balaban J connectivity index is 1.30. The number of fused-ring (bicyclic) bond motifs is 5. The number of halogens is 3. The maximum Gasteiger partial charge on any atom is 0.319 e. The molecule has 4 fully saturated rings. The molecule has 2 bridgehead atoms. The van der Waals surface area contributed by atoms with Crippen molar-refractivity contribution in [3.8, 4) is 29.5 Å². The van der Waals surface area contributed by atoms with Crippen molar-refractivity contribution in [1.29, 1.82) is 0 Å². The third kappa shape index (κ3) is 4.34. The number of pyridine rings is 1.